The number of likely N-dealkylation sites (tertiary alicyclic amines) is 2. The van der Waals surface area contributed by atoms with Gasteiger partial charge in [0.05, 0.1) is 17.3 Å². The second kappa shape index (κ2) is 12.9. The number of Topliss-reactive ketones (excluding diaryl/α,β-unsaturated/α-hetero) is 1. The van der Waals surface area contributed by atoms with E-state index in [9.17, 15) is 19.5 Å². The number of rotatable bonds is 8. The summed E-state index contributed by atoms with van der Waals surface area (Å²) in [7, 11) is 0. The van der Waals surface area contributed by atoms with Crippen LogP contribution in [0.4, 0.5) is 0 Å². The summed E-state index contributed by atoms with van der Waals surface area (Å²) in [5, 5.41) is 21.0. The summed E-state index contributed by atoms with van der Waals surface area (Å²) < 4.78 is 1.49. The molecule has 12 heteroatoms. The summed E-state index contributed by atoms with van der Waals surface area (Å²) in [5.74, 6) is -1.46. The number of nitrogens with two attached hydrogens (primary N) is 1. The number of hydrogen-bond acceptors (Lipinski definition) is 8. The quantitative estimate of drug-likeness (QED) is 0.377. The number of nitrogens with zero attached hydrogens (tertiary/aromatic N) is 6. The molecule has 2 aromatic carbocycles. The van der Waals surface area contributed by atoms with Gasteiger partial charge in [-0.1, -0.05) is 30.7 Å². The molecule has 2 aliphatic rings. The smallest absolute Gasteiger partial charge is 0.335 e. The van der Waals surface area contributed by atoms with Crippen LogP contribution in [-0.4, -0.2) is 90.5 Å². The molecule has 0 aliphatic carbocycles. The lowest BCUT2D eigenvalue weighted by Crippen LogP contribution is -2.60. The first-order valence-corrected chi connectivity index (χ1v) is 14.4. The SMILES string of the molecule is CC1CC(N2CCC(N)CC2)CN(C(=O)/C=C/c2cc(Cl)ccc2-n2cnnn2)C1C(=O)Cc1ccc(C(=O)O)cc1. The minimum atomic E-state index is -1.02. The van der Waals surface area contributed by atoms with Gasteiger partial charge < -0.3 is 15.7 Å². The van der Waals surface area contributed by atoms with Crippen LogP contribution in [0.15, 0.2) is 54.9 Å². The number of tetrazole rings is 1. The minimum absolute atomic E-state index is 0.0783. The van der Waals surface area contributed by atoms with Gasteiger partial charge in [-0.3, -0.25) is 14.5 Å². The number of aromatic carboxylic acids is 1. The summed E-state index contributed by atoms with van der Waals surface area (Å²) >= 11 is 6.26. The molecule has 2 fully saturated rings. The molecule has 11 nitrogen and oxygen atoms in total. The largest absolute Gasteiger partial charge is 0.478 e. The van der Waals surface area contributed by atoms with Crippen LogP contribution in [0, 0.1) is 5.92 Å². The molecular formula is C30H34ClN7O4. The van der Waals surface area contributed by atoms with E-state index in [1.807, 2.05) is 6.92 Å². The topological polar surface area (TPSA) is 148 Å². The van der Waals surface area contributed by atoms with Crippen LogP contribution in [0.3, 0.4) is 0 Å². The minimum Gasteiger partial charge on any atom is -0.478 e. The molecular weight excluding hydrogens is 558 g/mol. The molecule has 3 N–H and O–H groups in total. The van der Waals surface area contributed by atoms with Crippen molar-refractivity contribution in [2.75, 3.05) is 19.6 Å². The third kappa shape index (κ3) is 6.75. The average Bonchev–Trinajstić information content (AvgIpc) is 3.51. The number of carboxylic acid groups (broad SMARTS) is 1. The number of hydrogen-bond donors (Lipinski definition) is 2. The van der Waals surface area contributed by atoms with E-state index < -0.39 is 12.0 Å². The monoisotopic (exact) mass is 591 g/mol. The van der Waals surface area contributed by atoms with E-state index in [4.69, 9.17) is 17.3 Å². The number of halogens is 1. The first-order chi connectivity index (χ1) is 20.2. The van der Waals surface area contributed by atoms with Gasteiger partial charge in [0, 0.05) is 41.7 Å². The molecule has 2 aliphatic heterocycles. The Labute approximate surface area is 248 Å². The van der Waals surface area contributed by atoms with Crippen molar-refractivity contribution < 1.29 is 19.5 Å². The standard InChI is InChI=1S/C30H34ClN7O4/c1-19-14-25(36-12-10-24(32)11-13-36)17-37(29(19)27(39)15-20-2-4-21(5-3-20)30(41)42)28(40)9-6-22-16-23(31)7-8-26(22)38-18-33-34-35-38/h2-9,16,18-19,24-25,29H,10-15,17,32H2,1H3,(H,41,42)/b9-6+. The van der Waals surface area contributed by atoms with Gasteiger partial charge in [-0.15, -0.1) is 5.10 Å². The first kappa shape index (κ1) is 29.6. The summed E-state index contributed by atoms with van der Waals surface area (Å²) in [6.07, 6.45) is 7.30. The second-order valence-electron chi connectivity index (χ2n) is 11.1. The highest BCUT2D eigenvalue weighted by atomic mass is 35.5. The maximum absolute atomic E-state index is 13.9. The highest BCUT2D eigenvalue weighted by Gasteiger charge is 2.41. The Bertz CT molecular complexity index is 1450. The maximum Gasteiger partial charge on any atom is 0.335 e. The molecule has 220 valence electrons. The summed E-state index contributed by atoms with van der Waals surface area (Å²) in [6, 6.07) is 11.2. The number of ketones is 1. The predicted molar refractivity (Wildman–Crippen MR) is 157 cm³/mol. The van der Waals surface area contributed by atoms with Crippen molar-refractivity contribution >= 4 is 35.3 Å². The molecule has 0 spiro atoms. The fraction of sp³-hybridized carbons (Fsp3) is 0.400. The Balaban J connectivity index is 1.41. The number of carbonyl (C=O) groups is 3. The zero-order chi connectivity index (χ0) is 29.8. The van der Waals surface area contributed by atoms with E-state index in [2.05, 4.69) is 20.4 Å². The van der Waals surface area contributed by atoms with Crippen molar-refractivity contribution in [3.63, 3.8) is 0 Å². The van der Waals surface area contributed by atoms with E-state index in [1.54, 1.807) is 41.3 Å². The van der Waals surface area contributed by atoms with E-state index in [-0.39, 0.29) is 41.7 Å². The van der Waals surface area contributed by atoms with Crippen molar-refractivity contribution in [3.8, 4) is 5.69 Å². The van der Waals surface area contributed by atoms with Crippen LogP contribution in [-0.2, 0) is 16.0 Å². The Hall–Kier alpha value is -3.93. The molecule has 3 unspecified atom stereocenters. The fourth-order valence-electron chi connectivity index (χ4n) is 6.01. The number of piperidine rings is 2. The third-order valence-electron chi connectivity index (χ3n) is 8.20. The Morgan fingerprint density at radius 2 is 1.86 bits per heavy atom. The molecule has 0 radical (unpaired) electrons. The summed E-state index contributed by atoms with van der Waals surface area (Å²) in [6.45, 7) is 4.17. The molecule has 3 atom stereocenters. The Kier molecular flexibility index (Phi) is 9.10. The highest BCUT2D eigenvalue weighted by Crippen LogP contribution is 2.30. The molecule has 3 heterocycles. The van der Waals surface area contributed by atoms with E-state index in [0.29, 0.717) is 28.4 Å². The van der Waals surface area contributed by atoms with Gasteiger partial charge in [-0.25, -0.2) is 4.79 Å². The van der Waals surface area contributed by atoms with Gasteiger partial charge in [0.25, 0.3) is 0 Å². The molecule has 5 rings (SSSR count). The fourth-order valence-corrected chi connectivity index (χ4v) is 6.20. The van der Waals surface area contributed by atoms with E-state index >= 15 is 0 Å². The molecule has 0 saturated carbocycles. The highest BCUT2D eigenvalue weighted by molar-refractivity contribution is 6.30. The van der Waals surface area contributed by atoms with Gasteiger partial charge >= 0.3 is 5.97 Å². The van der Waals surface area contributed by atoms with E-state index in [1.165, 1.54) is 29.2 Å². The van der Waals surface area contributed by atoms with Gasteiger partial charge in [0.1, 0.15) is 6.33 Å². The summed E-state index contributed by atoms with van der Waals surface area (Å²) in [5.41, 5.74) is 8.31. The van der Waals surface area contributed by atoms with Crippen LogP contribution in [0.1, 0.15) is 47.7 Å². The first-order valence-electron chi connectivity index (χ1n) is 14.1. The van der Waals surface area contributed by atoms with Crippen LogP contribution < -0.4 is 5.73 Å². The van der Waals surface area contributed by atoms with Crippen LogP contribution in [0.25, 0.3) is 11.8 Å². The Morgan fingerprint density at radius 1 is 1.12 bits per heavy atom. The van der Waals surface area contributed by atoms with Crippen molar-refractivity contribution in [2.45, 2.75) is 50.7 Å². The van der Waals surface area contributed by atoms with Crippen molar-refractivity contribution in [1.82, 2.24) is 30.0 Å². The third-order valence-corrected chi connectivity index (χ3v) is 8.43. The van der Waals surface area contributed by atoms with Gasteiger partial charge in [0.15, 0.2) is 5.78 Å². The Morgan fingerprint density at radius 3 is 2.52 bits per heavy atom. The normalized spacial score (nSPS) is 22.0. The van der Waals surface area contributed by atoms with Crippen molar-refractivity contribution in [2.24, 2.45) is 11.7 Å². The predicted octanol–water partition coefficient (Wildman–Crippen LogP) is 2.87. The lowest BCUT2D eigenvalue weighted by atomic mass is 9.82. The zero-order valence-corrected chi connectivity index (χ0v) is 24.1. The lowest BCUT2D eigenvalue weighted by molar-refractivity contribution is -0.142. The molecule has 1 amide bonds. The average molecular weight is 592 g/mol. The van der Waals surface area contributed by atoms with Crippen LogP contribution in [0.5, 0.6) is 0 Å². The number of carboxylic acids is 1. The number of benzene rings is 2. The number of amides is 1. The van der Waals surface area contributed by atoms with Gasteiger partial charge in [-0.05, 0) is 90.7 Å². The van der Waals surface area contributed by atoms with Crippen molar-refractivity contribution in [3.05, 3.63) is 76.6 Å². The zero-order valence-electron chi connectivity index (χ0n) is 23.3. The summed E-state index contributed by atoms with van der Waals surface area (Å²) in [4.78, 5) is 43.0. The molecule has 42 heavy (non-hydrogen) atoms. The molecule has 1 aromatic heterocycles. The van der Waals surface area contributed by atoms with E-state index in [0.717, 1.165) is 32.4 Å². The molecule has 0 bridgehead atoms. The van der Waals surface area contributed by atoms with Gasteiger partial charge in [0.2, 0.25) is 5.91 Å². The molecule has 2 saturated heterocycles. The number of aromatic nitrogens is 4. The van der Waals surface area contributed by atoms with Crippen molar-refractivity contribution in [1.29, 1.82) is 0 Å². The van der Waals surface area contributed by atoms with Crippen LogP contribution in [0.2, 0.25) is 5.02 Å². The maximum atomic E-state index is 13.9. The van der Waals surface area contributed by atoms with Gasteiger partial charge in [-0.2, -0.15) is 4.68 Å². The molecule has 3 aromatic rings. The lowest BCUT2D eigenvalue weighted by Gasteiger charge is -2.47. The second-order valence-corrected chi connectivity index (χ2v) is 11.5. The van der Waals surface area contributed by atoms with Crippen LogP contribution >= 0.6 is 11.6 Å². The number of carbonyl (C=O) groups excluding carboxylic acids is 2.